The summed E-state index contributed by atoms with van der Waals surface area (Å²) < 4.78 is 5.74. The first-order valence-electron chi connectivity index (χ1n) is 5.65. The fourth-order valence-corrected chi connectivity index (χ4v) is 1.62. The third-order valence-electron chi connectivity index (χ3n) is 2.16. The minimum Gasteiger partial charge on any atom is -0.488 e. The molecule has 1 aromatic carbocycles. The van der Waals surface area contributed by atoms with E-state index < -0.39 is 0 Å². The molecule has 0 aromatic heterocycles. The van der Waals surface area contributed by atoms with Gasteiger partial charge in [-0.2, -0.15) is 0 Å². The van der Waals surface area contributed by atoms with Gasteiger partial charge in [-0.05, 0) is 39.8 Å². The van der Waals surface area contributed by atoms with Gasteiger partial charge in [-0.3, -0.25) is 0 Å². The third-order valence-corrected chi connectivity index (χ3v) is 2.97. The molecule has 0 radical (unpaired) electrons. The van der Waals surface area contributed by atoms with E-state index in [4.69, 9.17) is 27.9 Å². The topological polar surface area (TPSA) is 21.3 Å². The molecule has 0 bridgehead atoms. The summed E-state index contributed by atoms with van der Waals surface area (Å²) >= 11 is 12.0. The Morgan fingerprint density at radius 3 is 2.53 bits per heavy atom. The van der Waals surface area contributed by atoms with Gasteiger partial charge in [-0.15, -0.1) is 0 Å². The van der Waals surface area contributed by atoms with Crippen molar-refractivity contribution in [2.24, 2.45) is 0 Å². The van der Waals surface area contributed by atoms with Crippen LogP contribution in [0.3, 0.4) is 0 Å². The van der Waals surface area contributed by atoms with E-state index in [0.717, 1.165) is 6.54 Å². The highest BCUT2D eigenvalue weighted by Gasteiger charge is 2.13. The molecule has 1 N–H and O–H groups in total. The summed E-state index contributed by atoms with van der Waals surface area (Å²) in [7, 11) is 0. The molecular weight excluding hydrogens is 257 g/mol. The van der Waals surface area contributed by atoms with Crippen LogP contribution < -0.4 is 10.1 Å². The minimum atomic E-state index is 0.0326. The molecule has 0 heterocycles. The van der Waals surface area contributed by atoms with Crippen molar-refractivity contribution in [2.45, 2.75) is 39.3 Å². The van der Waals surface area contributed by atoms with E-state index in [9.17, 15) is 0 Å². The van der Waals surface area contributed by atoms with E-state index in [0.29, 0.717) is 15.8 Å². The summed E-state index contributed by atoms with van der Waals surface area (Å²) in [6.07, 6.45) is 0.0326. The molecule has 0 aliphatic heterocycles. The van der Waals surface area contributed by atoms with Crippen LogP contribution in [-0.4, -0.2) is 18.2 Å². The second-order valence-electron chi connectivity index (χ2n) is 5.11. The number of halogens is 2. The zero-order chi connectivity index (χ0) is 13.1. The average Bonchev–Trinajstić information content (AvgIpc) is 2.21. The van der Waals surface area contributed by atoms with E-state index >= 15 is 0 Å². The summed E-state index contributed by atoms with van der Waals surface area (Å²) in [5.74, 6) is 0.627. The van der Waals surface area contributed by atoms with Gasteiger partial charge in [-0.25, -0.2) is 0 Å². The highest BCUT2D eigenvalue weighted by molar-refractivity contribution is 6.42. The molecule has 2 nitrogen and oxygen atoms in total. The number of hydrogen-bond donors (Lipinski definition) is 1. The van der Waals surface area contributed by atoms with E-state index in [1.165, 1.54) is 0 Å². The van der Waals surface area contributed by atoms with Gasteiger partial charge in [-0.1, -0.05) is 29.3 Å². The van der Waals surface area contributed by atoms with Gasteiger partial charge in [0.15, 0.2) is 0 Å². The molecule has 0 saturated heterocycles. The number of benzene rings is 1. The quantitative estimate of drug-likeness (QED) is 0.892. The zero-order valence-electron chi connectivity index (χ0n) is 10.7. The maximum absolute atomic E-state index is 6.05. The monoisotopic (exact) mass is 275 g/mol. The molecule has 96 valence electrons. The van der Waals surface area contributed by atoms with Gasteiger partial charge in [0.05, 0.1) is 5.02 Å². The Morgan fingerprint density at radius 1 is 1.29 bits per heavy atom. The first kappa shape index (κ1) is 14.6. The first-order chi connectivity index (χ1) is 7.79. The Bertz CT molecular complexity index is 374. The minimum absolute atomic E-state index is 0.0326. The molecule has 0 amide bonds. The van der Waals surface area contributed by atoms with Crippen molar-refractivity contribution in [3.8, 4) is 5.75 Å². The van der Waals surface area contributed by atoms with Crippen LogP contribution in [0.2, 0.25) is 10.0 Å². The van der Waals surface area contributed by atoms with Crippen LogP contribution in [0.15, 0.2) is 18.2 Å². The van der Waals surface area contributed by atoms with Gasteiger partial charge >= 0.3 is 0 Å². The predicted molar refractivity (Wildman–Crippen MR) is 74.3 cm³/mol. The lowest BCUT2D eigenvalue weighted by molar-refractivity contribution is 0.203. The van der Waals surface area contributed by atoms with Crippen molar-refractivity contribution in [3.63, 3.8) is 0 Å². The van der Waals surface area contributed by atoms with Crippen LogP contribution in [0, 0.1) is 0 Å². The van der Waals surface area contributed by atoms with Crippen molar-refractivity contribution in [2.75, 3.05) is 6.54 Å². The predicted octanol–water partition coefficient (Wildman–Crippen LogP) is 4.15. The molecule has 0 aliphatic rings. The van der Waals surface area contributed by atoms with Crippen LogP contribution in [0.1, 0.15) is 27.7 Å². The van der Waals surface area contributed by atoms with Crippen LogP contribution in [0.4, 0.5) is 0 Å². The summed E-state index contributed by atoms with van der Waals surface area (Å²) in [4.78, 5) is 0. The van der Waals surface area contributed by atoms with E-state index in [-0.39, 0.29) is 11.6 Å². The number of ether oxygens (including phenoxy) is 1. The second kappa shape index (κ2) is 5.94. The largest absolute Gasteiger partial charge is 0.488 e. The molecule has 1 unspecified atom stereocenters. The molecule has 1 rings (SSSR count). The maximum atomic E-state index is 6.05. The van der Waals surface area contributed by atoms with Gasteiger partial charge in [0.2, 0.25) is 0 Å². The maximum Gasteiger partial charge on any atom is 0.139 e. The smallest absolute Gasteiger partial charge is 0.139 e. The Hall–Kier alpha value is -0.440. The molecule has 0 saturated carbocycles. The van der Waals surface area contributed by atoms with Gasteiger partial charge in [0.25, 0.3) is 0 Å². The summed E-state index contributed by atoms with van der Waals surface area (Å²) in [6, 6.07) is 5.39. The van der Waals surface area contributed by atoms with Crippen molar-refractivity contribution in [3.05, 3.63) is 28.2 Å². The molecular formula is C13H19Cl2NO. The Kier molecular flexibility index (Phi) is 5.11. The number of hydrogen-bond acceptors (Lipinski definition) is 2. The van der Waals surface area contributed by atoms with Crippen LogP contribution in [-0.2, 0) is 0 Å². The summed E-state index contributed by atoms with van der Waals surface area (Å²) in [5, 5.41) is 4.36. The number of nitrogens with one attached hydrogen (secondary N) is 1. The fourth-order valence-electron chi connectivity index (χ4n) is 1.28. The fraction of sp³-hybridized carbons (Fsp3) is 0.538. The number of rotatable bonds is 4. The summed E-state index contributed by atoms with van der Waals surface area (Å²) in [6.45, 7) is 9.10. The van der Waals surface area contributed by atoms with Crippen LogP contribution in [0.25, 0.3) is 0 Å². The Balaban J connectivity index is 2.56. The van der Waals surface area contributed by atoms with E-state index in [2.05, 4.69) is 26.1 Å². The Labute approximate surface area is 113 Å². The van der Waals surface area contributed by atoms with Gasteiger partial charge in [0.1, 0.15) is 16.9 Å². The highest BCUT2D eigenvalue weighted by Crippen LogP contribution is 2.31. The first-order valence-corrected chi connectivity index (χ1v) is 6.41. The molecule has 0 spiro atoms. The molecule has 0 fully saturated rings. The molecule has 4 heteroatoms. The van der Waals surface area contributed by atoms with Gasteiger partial charge < -0.3 is 10.1 Å². The van der Waals surface area contributed by atoms with Crippen LogP contribution >= 0.6 is 23.2 Å². The lowest BCUT2D eigenvalue weighted by Gasteiger charge is -2.24. The third kappa shape index (κ3) is 5.15. The lowest BCUT2D eigenvalue weighted by Crippen LogP contribution is -2.41. The standard InChI is InChI=1S/C13H19Cl2NO/c1-9(8-16-13(2,3)4)17-11-7-5-6-10(14)12(11)15/h5-7,9,16H,8H2,1-4H3. The molecule has 1 atom stereocenters. The molecule has 0 aliphatic carbocycles. The Morgan fingerprint density at radius 2 is 1.94 bits per heavy atom. The lowest BCUT2D eigenvalue weighted by atomic mass is 10.1. The van der Waals surface area contributed by atoms with Crippen LogP contribution in [0.5, 0.6) is 5.75 Å². The van der Waals surface area contributed by atoms with Crippen molar-refractivity contribution in [1.29, 1.82) is 0 Å². The van der Waals surface area contributed by atoms with Crippen molar-refractivity contribution < 1.29 is 4.74 Å². The summed E-state index contributed by atoms with van der Waals surface area (Å²) in [5.41, 5.74) is 0.0791. The average molecular weight is 276 g/mol. The van der Waals surface area contributed by atoms with E-state index in [1.807, 2.05) is 19.1 Å². The van der Waals surface area contributed by atoms with Crippen molar-refractivity contribution >= 4 is 23.2 Å². The van der Waals surface area contributed by atoms with Gasteiger partial charge in [0, 0.05) is 12.1 Å². The highest BCUT2D eigenvalue weighted by atomic mass is 35.5. The molecule has 17 heavy (non-hydrogen) atoms. The zero-order valence-corrected chi connectivity index (χ0v) is 12.2. The van der Waals surface area contributed by atoms with Crippen molar-refractivity contribution in [1.82, 2.24) is 5.32 Å². The normalized spacial score (nSPS) is 13.5. The molecule has 1 aromatic rings. The van der Waals surface area contributed by atoms with E-state index in [1.54, 1.807) is 6.07 Å². The second-order valence-corrected chi connectivity index (χ2v) is 5.90. The SMILES string of the molecule is CC(CNC(C)(C)C)Oc1cccc(Cl)c1Cl.